The van der Waals surface area contributed by atoms with Crippen molar-refractivity contribution in [2.45, 2.75) is 0 Å². The van der Waals surface area contributed by atoms with Gasteiger partial charge < -0.3 is 5.32 Å². The highest BCUT2D eigenvalue weighted by atomic mass is 32.2. The number of sulfone groups is 1. The summed E-state index contributed by atoms with van der Waals surface area (Å²) >= 11 is 0. The summed E-state index contributed by atoms with van der Waals surface area (Å²) in [5, 5.41) is 14.5. The van der Waals surface area contributed by atoms with E-state index >= 15 is 0 Å². The van der Waals surface area contributed by atoms with Gasteiger partial charge in [0.05, 0.1) is 16.2 Å². The Labute approximate surface area is 115 Å². The van der Waals surface area contributed by atoms with E-state index in [0.29, 0.717) is 16.6 Å². The lowest BCUT2D eigenvalue weighted by atomic mass is 10.1. The zero-order valence-electron chi connectivity index (χ0n) is 10.7. The number of aromatic nitrogens is 1. The van der Waals surface area contributed by atoms with Gasteiger partial charge in [0, 0.05) is 18.2 Å². The van der Waals surface area contributed by atoms with E-state index < -0.39 is 14.8 Å². The number of nitro groups is 1. The van der Waals surface area contributed by atoms with E-state index in [1.54, 1.807) is 24.3 Å². The summed E-state index contributed by atoms with van der Waals surface area (Å²) in [5.74, 6) is -0.0964. The first-order valence-corrected chi connectivity index (χ1v) is 7.88. The summed E-state index contributed by atoms with van der Waals surface area (Å²) in [4.78, 5) is 14.5. The average molecular weight is 295 g/mol. The summed E-state index contributed by atoms with van der Waals surface area (Å²) < 4.78 is 22.2. The van der Waals surface area contributed by atoms with Crippen molar-refractivity contribution >= 4 is 32.1 Å². The minimum atomic E-state index is -3.13. The number of hydrogen-bond acceptors (Lipinski definition) is 6. The van der Waals surface area contributed by atoms with Gasteiger partial charge in [0.2, 0.25) is 0 Å². The molecule has 8 heteroatoms. The Morgan fingerprint density at radius 1 is 1.35 bits per heavy atom. The fourth-order valence-electron chi connectivity index (χ4n) is 1.82. The van der Waals surface area contributed by atoms with Crippen LogP contribution in [0.1, 0.15) is 0 Å². The maximum Gasteiger partial charge on any atom is 0.311 e. The van der Waals surface area contributed by atoms with Crippen molar-refractivity contribution in [1.82, 2.24) is 4.98 Å². The van der Waals surface area contributed by atoms with Gasteiger partial charge in [-0.05, 0) is 6.07 Å². The molecule has 1 heterocycles. The highest BCUT2D eigenvalue weighted by Gasteiger charge is 2.17. The van der Waals surface area contributed by atoms with Crippen molar-refractivity contribution < 1.29 is 13.3 Å². The molecule has 0 aliphatic carbocycles. The SMILES string of the molecule is CS(=O)(=O)CCNc1c([N+](=O)[O-])cnc2ccccc12. The van der Waals surface area contributed by atoms with Gasteiger partial charge in [-0.25, -0.2) is 13.4 Å². The van der Waals surface area contributed by atoms with Gasteiger partial charge >= 0.3 is 5.69 Å². The summed E-state index contributed by atoms with van der Waals surface area (Å²) in [6, 6.07) is 6.97. The molecule has 0 saturated heterocycles. The van der Waals surface area contributed by atoms with Crippen LogP contribution in [-0.4, -0.2) is 36.9 Å². The fraction of sp³-hybridized carbons (Fsp3) is 0.250. The molecule has 7 nitrogen and oxygen atoms in total. The molecular weight excluding hydrogens is 282 g/mol. The van der Waals surface area contributed by atoms with Crippen LogP contribution in [0.15, 0.2) is 30.5 Å². The number of benzene rings is 1. The second kappa shape index (κ2) is 5.41. The van der Waals surface area contributed by atoms with Crippen LogP contribution in [0, 0.1) is 10.1 Å². The second-order valence-corrected chi connectivity index (χ2v) is 6.61. The van der Waals surface area contributed by atoms with Gasteiger partial charge in [-0.15, -0.1) is 0 Å². The number of hydrogen-bond donors (Lipinski definition) is 1. The number of pyridine rings is 1. The molecular formula is C12H13N3O4S. The Bertz CT molecular complexity index is 758. The third-order valence-electron chi connectivity index (χ3n) is 2.73. The summed E-state index contributed by atoms with van der Waals surface area (Å²) in [5.41, 5.74) is 0.737. The number of anilines is 1. The van der Waals surface area contributed by atoms with Crippen molar-refractivity contribution in [1.29, 1.82) is 0 Å². The standard InChI is InChI=1S/C12H13N3O4S/c1-20(18,19)7-6-13-12-9-4-2-3-5-10(9)14-8-11(12)15(16)17/h2-5,8H,6-7H2,1H3,(H,13,14). The summed E-state index contributed by atoms with van der Waals surface area (Å²) in [7, 11) is -3.13. The van der Waals surface area contributed by atoms with Crippen LogP contribution < -0.4 is 5.32 Å². The van der Waals surface area contributed by atoms with Crippen LogP contribution in [0.2, 0.25) is 0 Å². The molecule has 106 valence electrons. The molecule has 1 aromatic carbocycles. The van der Waals surface area contributed by atoms with Crippen molar-refractivity contribution in [2.24, 2.45) is 0 Å². The molecule has 2 rings (SSSR count). The van der Waals surface area contributed by atoms with Crippen molar-refractivity contribution in [2.75, 3.05) is 23.9 Å². The van der Waals surface area contributed by atoms with Gasteiger partial charge in [-0.2, -0.15) is 0 Å². The van der Waals surface area contributed by atoms with Gasteiger partial charge in [0.25, 0.3) is 0 Å². The Morgan fingerprint density at radius 2 is 2.05 bits per heavy atom. The molecule has 0 bridgehead atoms. The van der Waals surface area contributed by atoms with E-state index in [0.717, 1.165) is 6.26 Å². The topological polar surface area (TPSA) is 102 Å². The van der Waals surface area contributed by atoms with Gasteiger partial charge in [-0.3, -0.25) is 10.1 Å². The zero-order valence-corrected chi connectivity index (χ0v) is 11.6. The predicted octanol–water partition coefficient (Wildman–Crippen LogP) is 1.60. The van der Waals surface area contributed by atoms with Crippen molar-refractivity contribution in [3.63, 3.8) is 0 Å². The minimum absolute atomic E-state index is 0.0964. The van der Waals surface area contributed by atoms with Crippen LogP contribution >= 0.6 is 0 Å². The lowest BCUT2D eigenvalue weighted by Crippen LogP contribution is -2.15. The molecule has 0 radical (unpaired) electrons. The molecule has 1 N–H and O–H groups in total. The molecule has 20 heavy (non-hydrogen) atoms. The smallest absolute Gasteiger partial charge is 0.311 e. The number of nitrogens with one attached hydrogen (secondary N) is 1. The molecule has 0 saturated carbocycles. The molecule has 1 aromatic heterocycles. The first kappa shape index (κ1) is 14.2. The molecule has 0 atom stereocenters. The Balaban J connectivity index is 2.42. The van der Waals surface area contributed by atoms with Gasteiger partial charge in [0.1, 0.15) is 21.7 Å². The van der Waals surface area contributed by atoms with Crippen LogP contribution in [0.4, 0.5) is 11.4 Å². The highest BCUT2D eigenvalue weighted by molar-refractivity contribution is 7.90. The first-order valence-electron chi connectivity index (χ1n) is 5.82. The number of rotatable bonds is 5. The van der Waals surface area contributed by atoms with Crippen LogP contribution in [-0.2, 0) is 9.84 Å². The van der Waals surface area contributed by atoms with Crippen LogP contribution in [0.5, 0.6) is 0 Å². The molecule has 0 aliphatic rings. The monoisotopic (exact) mass is 295 g/mol. The maximum absolute atomic E-state index is 11.1. The number of fused-ring (bicyclic) bond motifs is 1. The predicted molar refractivity (Wildman–Crippen MR) is 76.6 cm³/mol. The van der Waals surface area contributed by atoms with E-state index in [4.69, 9.17) is 0 Å². The first-order chi connectivity index (χ1) is 9.38. The lowest BCUT2D eigenvalue weighted by molar-refractivity contribution is -0.384. The van der Waals surface area contributed by atoms with E-state index in [2.05, 4.69) is 10.3 Å². The Hall–Kier alpha value is -2.22. The Kier molecular flexibility index (Phi) is 3.84. The second-order valence-electron chi connectivity index (χ2n) is 4.35. The zero-order chi connectivity index (χ0) is 14.8. The minimum Gasteiger partial charge on any atom is -0.378 e. The van der Waals surface area contributed by atoms with Crippen LogP contribution in [0.3, 0.4) is 0 Å². The molecule has 0 amide bonds. The molecule has 0 spiro atoms. The molecule has 2 aromatic rings. The highest BCUT2D eigenvalue weighted by Crippen LogP contribution is 2.31. The summed E-state index contributed by atoms with van der Waals surface area (Å²) in [6.07, 6.45) is 2.29. The average Bonchev–Trinajstić information content (AvgIpc) is 2.37. The molecule has 0 unspecified atom stereocenters. The van der Waals surface area contributed by atoms with E-state index in [1.165, 1.54) is 6.20 Å². The van der Waals surface area contributed by atoms with Crippen LogP contribution in [0.25, 0.3) is 10.9 Å². The fourth-order valence-corrected chi connectivity index (χ4v) is 2.29. The quantitative estimate of drug-likeness (QED) is 0.664. The largest absolute Gasteiger partial charge is 0.378 e. The third-order valence-corrected chi connectivity index (χ3v) is 3.67. The summed E-state index contributed by atoms with van der Waals surface area (Å²) in [6.45, 7) is 0.105. The van der Waals surface area contributed by atoms with E-state index in [-0.39, 0.29) is 18.0 Å². The van der Waals surface area contributed by atoms with Gasteiger partial charge in [0.15, 0.2) is 0 Å². The maximum atomic E-state index is 11.1. The van der Waals surface area contributed by atoms with E-state index in [9.17, 15) is 18.5 Å². The third kappa shape index (κ3) is 3.21. The molecule has 0 fully saturated rings. The van der Waals surface area contributed by atoms with Gasteiger partial charge in [-0.1, -0.05) is 18.2 Å². The molecule has 0 aliphatic heterocycles. The Morgan fingerprint density at radius 3 is 2.70 bits per heavy atom. The number of para-hydroxylation sites is 1. The normalized spacial score (nSPS) is 11.4. The van der Waals surface area contributed by atoms with E-state index in [1.807, 2.05) is 0 Å². The van der Waals surface area contributed by atoms with Crippen molar-refractivity contribution in [3.8, 4) is 0 Å². The lowest BCUT2D eigenvalue weighted by Gasteiger charge is -2.09. The number of nitrogens with zero attached hydrogens (tertiary/aromatic N) is 2. The van der Waals surface area contributed by atoms with Crippen molar-refractivity contribution in [3.05, 3.63) is 40.6 Å².